The summed E-state index contributed by atoms with van der Waals surface area (Å²) < 4.78 is 6.15. The van der Waals surface area contributed by atoms with Gasteiger partial charge in [-0.2, -0.15) is 0 Å². The van der Waals surface area contributed by atoms with Crippen LogP contribution in [0.3, 0.4) is 0 Å². The lowest BCUT2D eigenvalue weighted by atomic mass is 9.72. The predicted octanol–water partition coefficient (Wildman–Crippen LogP) is 3.71. The van der Waals surface area contributed by atoms with Gasteiger partial charge in [0.1, 0.15) is 0 Å². The zero-order valence-electron chi connectivity index (χ0n) is 13.4. The molecule has 2 nitrogen and oxygen atoms in total. The quantitative estimate of drug-likeness (QED) is 0.528. The Hall–Kier alpha value is -0.153. The van der Waals surface area contributed by atoms with Crippen LogP contribution >= 0.6 is 0 Å². The molecule has 114 valence electrons. The van der Waals surface area contributed by atoms with Gasteiger partial charge in [0.2, 0.25) is 0 Å². The smallest absolute Gasteiger partial charge is 0.173 e. The predicted molar refractivity (Wildman–Crippen MR) is 86.2 cm³/mol. The van der Waals surface area contributed by atoms with Crippen molar-refractivity contribution in [1.29, 1.82) is 0 Å². The Balaban J connectivity index is 1.94. The summed E-state index contributed by atoms with van der Waals surface area (Å²) in [6.45, 7) is 10.2. The van der Waals surface area contributed by atoms with Gasteiger partial charge < -0.3 is 4.74 Å². The summed E-state index contributed by atoms with van der Waals surface area (Å²) in [7, 11) is -0.0221. The molecular weight excluding hydrogens is 264 g/mol. The van der Waals surface area contributed by atoms with E-state index in [4.69, 9.17) is 4.74 Å². The molecule has 0 aromatic heterocycles. The molecule has 2 saturated heterocycles. The first kappa shape index (κ1) is 16.2. The molecule has 1 aliphatic carbocycles. The number of unbranched alkanes of at least 4 members (excludes halogenated alkanes) is 1. The van der Waals surface area contributed by atoms with E-state index in [1.807, 2.05) is 13.8 Å². The minimum atomic E-state index is -0.359. The van der Waals surface area contributed by atoms with E-state index in [1.165, 1.54) is 31.7 Å². The van der Waals surface area contributed by atoms with Crippen LogP contribution in [0.2, 0.25) is 11.6 Å². The first-order chi connectivity index (χ1) is 9.49. The number of ether oxygens (including phenoxy) is 1. The van der Waals surface area contributed by atoms with Crippen molar-refractivity contribution >= 4 is 15.3 Å². The molecule has 3 unspecified atom stereocenters. The zero-order valence-corrected chi connectivity index (χ0v) is 14.8. The van der Waals surface area contributed by atoms with Crippen molar-refractivity contribution in [3.8, 4) is 0 Å². The largest absolute Gasteiger partial charge is 0.360 e. The van der Waals surface area contributed by atoms with E-state index in [1.54, 1.807) is 0 Å². The van der Waals surface area contributed by atoms with Gasteiger partial charge in [-0.05, 0) is 37.1 Å². The average Bonchev–Trinajstić information content (AvgIpc) is 2.47. The number of hydrogen-bond donors (Lipinski definition) is 0. The van der Waals surface area contributed by atoms with Crippen molar-refractivity contribution in [1.82, 2.24) is 0 Å². The maximum Gasteiger partial charge on any atom is 0.173 e. The summed E-state index contributed by atoms with van der Waals surface area (Å²) in [4.78, 5) is 12.6. The van der Waals surface area contributed by atoms with Gasteiger partial charge in [-0.15, -0.1) is 0 Å². The van der Waals surface area contributed by atoms with Crippen LogP contribution in [0.1, 0.15) is 59.3 Å². The molecule has 2 bridgehead atoms. The van der Waals surface area contributed by atoms with Crippen molar-refractivity contribution in [3.63, 3.8) is 0 Å². The lowest BCUT2D eigenvalue weighted by Crippen LogP contribution is -2.47. The lowest BCUT2D eigenvalue weighted by Gasteiger charge is -2.47. The van der Waals surface area contributed by atoms with Crippen LogP contribution in [0.4, 0.5) is 0 Å². The molecule has 3 fully saturated rings. The molecule has 0 aromatic rings. The molecule has 3 aliphatic rings. The Morgan fingerprint density at radius 3 is 2.75 bits per heavy atom. The highest BCUT2D eigenvalue weighted by Gasteiger charge is 2.48. The van der Waals surface area contributed by atoms with E-state index in [9.17, 15) is 4.79 Å². The summed E-state index contributed by atoms with van der Waals surface area (Å²) in [6, 6.07) is 1.45. The van der Waals surface area contributed by atoms with Gasteiger partial charge in [-0.3, -0.25) is 4.79 Å². The van der Waals surface area contributed by atoms with Gasteiger partial charge in [0.25, 0.3) is 0 Å². The van der Waals surface area contributed by atoms with Gasteiger partial charge in [0, 0.05) is 14.9 Å². The minimum Gasteiger partial charge on any atom is -0.360 e. The normalized spacial score (nSPS) is 31.3. The third-order valence-corrected chi connectivity index (χ3v) is 7.71. The Morgan fingerprint density at radius 2 is 2.20 bits per heavy atom. The molecule has 2 aliphatic heterocycles. The molecule has 0 aromatic carbocycles. The Labute approximate surface area is 126 Å². The second-order valence-electron chi connectivity index (χ2n) is 7.25. The molecule has 3 rings (SSSR count). The van der Waals surface area contributed by atoms with Crippen molar-refractivity contribution in [2.75, 3.05) is 0 Å². The topological polar surface area (TPSA) is 26.3 Å². The maximum atomic E-state index is 12.6. The average molecular weight is 295 g/mol. The zero-order chi connectivity index (χ0) is 14.8. The van der Waals surface area contributed by atoms with Crippen molar-refractivity contribution < 1.29 is 9.53 Å². The van der Waals surface area contributed by atoms with Crippen molar-refractivity contribution in [2.24, 2.45) is 11.3 Å². The second kappa shape index (κ2) is 6.74. The maximum absolute atomic E-state index is 12.6. The molecule has 1 saturated carbocycles. The third-order valence-electron chi connectivity index (χ3n) is 5.20. The first-order valence-electron chi connectivity index (χ1n) is 8.37. The van der Waals surface area contributed by atoms with E-state index < -0.39 is 0 Å². The van der Waals surface area contributed by atoms with E-state index in [-0.39, 0.29) is 20.7 Å². The second-order valence-corrected chi connectivity index (χ2v) is 9.58. The van der Waals surface area contributed by atoms with Gasteiger partial charge in [-0.1, -0.05) is 46.6 Å². The highest BCUT2D eigenvalue weighted by Crippen LogP contribution is 2.49. The van der Waals surface area contributed by atoms with Gasteiger partial charge >= 0.3 is 0 Å². The van der Waals surface area contributed by atoms with Crippen LogP contribution < -0.4 is 0 Å². The highest BCUT2D eigenvalue weighted by molar-refractivity contribution is 6.38. The molecule has 20 heavy (non-hydrogen) atoms. The molecule has 0 N–H and O–H groups in total. The number of rotatable bonds is 7. The molecule has 0 spiro atoms. The monoisotopic (exact) mass is 294 g/mol. The lowest BCUT2D eigenvalue weighted by molar-refractivity contribution is -0.143. The molecule has 3 atom stereocenters. The van der Waals surface area contributed by atoms with Gasteiger partial charge in [0.05, 0.1) is 6.10 Å². The number of hydrogen-bond acceptors (Lipinski definition) is 2. The van der Waals surface area contributed by atoms with Gasteiger partial charge in [-0.25, -0.2) is 0 Å². The SMILES string of the molecule is [CH2]CC(C)(C)C(=O)[C]1OC2CCC1CC2[SiH2]CCCC. The van der Waals surface area contributed by atoms with Crippen LogP contribution in [0.25, 0.3) is 0 Å². The van der Waals surface area contributed by atoms with Crippen LogP contribution in [-0.4, -0.2) is 21.4 Å². The number of fused-ring (bicyclic) bond motifs is 3. The van der Waals surface area contributed by atoms with Crippen LogP contribution in [0, 0.1) is 24.4 Å². The van der Waals surface area contributed by atoms with E-state index in [0.29, 0.717) is 18.4 Å². The van der Waals surface area contributed by atoms with Crippen LogP contribution in [-0.2, 0) is 9.53 Å². The van der Waals surface area contributed by atoms with Crippen molar-refractivity contribution in [2.45, 2.75) is 77.0 Å². The number of carbonyl (C=O) groups excluding carboxylic acids is 1. The van der Waals surface area contributed by atoms with Crippen LogP contribution in [0.5, 0.6) is 0 Å². The van der Waals surface area contributed by atoms with Crippen LogP contribution in [0.15, 0.2) is 0 Å². The number of carbonyl (C=O) groups is 1. The summed E-state index contributed by atoms with van der Waals surface area (Å²) in [5.74, 6) is 0.633. The first-order valence-corrected chi connectivity index (χ1v) is 10.2. The molecule has 0 amide bonds. The molecule has 2 heterocycles. The number of ketones is 1. The van der Waals surface area contributed by atoms with E-state index >= 15 is 0 Å². The summed E-state index contributed by atoms with van der Waals surface area (Å²) in [5.41, 5.74) is 0.460. The molecular formula is C17H30O2Si. The summed E-state index contributed by atoms with van der Waals surface area (Å²) in [5, 5.41) is 0. The van der Waals surface area contributed by atoms with E-state index in [2.05, 4.69) is 13.8 Å². The van der Waals surface area contributed by atoms with Crippen molar-refractivity contribution in [3.05, 3.63) is 13.0 Å². The fourth-order valence-corrected chi connectivity index (χ4v) is 6.19. The Kier molecular flexibility index (Phi) is 5.47. The molecule has 3 heteroatoms. The highest BCUT2D eigenvalue weighted by atomic mass is 28.2. The standard InChI is InChI=1S/C17H30O2Si/c1-5-7-10-20-14-11-12-8-9-13(14)19-15(12)16(18)17(3,4)6-2/h12-14H,2,5-11,20H2,1,3-4H3. The van der Waals surface area contributed by atoms with E-state index in [0.717, 1.165) is 18.1 Å². The fourth-order valence-electron chi connectivity index (χ4n) is 3.54. The summed E-state index contributed by atoms with van der Waals surface area (Å²) in [6.07, 6.45) is 8.07. The minimum absolute atomic E-state index is 0.0221. The Morgan fingerprint density at radius 1 is 1.45 bits per heavy atom. The summed E-state index contributed by atoms with van der Waals surface area (Å²) >= 11 is 0. The molecule has 2 radical (unpaired) electrons. The Bertz CT molecular complexity index is 340. The third kappa shape index (κ3) is 3.36. The fraction of sp³-hybridized carbons (Fsp3) is 0.824. The number of Topliss-reactive ketones (excluding diaryl/α,β-unsaturated/α-hetero) is 1. The van der Waals surface area contributed by atoms with Gasteiger partial charge in [0.15, 0.2) is 11.9 Å².